The molecule has 0 aliphatic carbocycles. The summed E-state index contributed by atoms with van der Waals surface area (Å²) in [5.74, 6) is -1.54. The summed E-state index contributed by atoms with van der Waals surface area (Å²) in [5.41, 5.74) is 7.13. The van der Waals surface area contributed by atoms with Crippen molar-refractivity contribution in [2.45, 2.75) is 24.0 Å². The van der Waals surface area contributed by atoms with E-state index < -0.39 is 5.76 Å². The van der Waals surface area contributed by atoms with Crippen molar-refractivity contribution < 1.29 is 8.78 Å². The van der Waals surface area contributed by atoms with Crippen LogP contribution in [0.3, 0.4) is 0 Å². The van der Waals surface area contributed by atoms with Gasteiger partial charge in [0.2, 0.25) is 0 Å². The van der Waals surface area contributed by atoms with Crippen LogP contribution in [0.4, 0.5) is 26.1 Å². The Labute approximate surface area is 119 Å². The Hall–Kier alpha value is -1.89. The van der Waals surface area contributed by atoms with E-state index in [0.29, 0.717) is 40.4 Å². The summed E-state index contributed by atoms with van der Waals surface area (Å²) in [6, 6.07) is 6.84. The molecule has 0 atom stereocenters. The maximum Gasteiger partial charge on any atom is 0.288 e. The van der Waals surface area contributed by atoms with Gasteiger partial charge in [-0.1, -0.05) is 30.8 Å². The van der Waals surface area contributed by atoms with Gasteiger partial charge >= 0.3 is 0 Å². The molecule has 0 aliphatic heterocycles. The number of para-hydroxylation sites is 1. The zero-order valence-corrected chi connectivity index (χ0v) is 11.6. The SMILES string of the molecule is CCc1c(N)ncnc1Nc1ccccc1SC(F)F. The van der Waals surface area contributed by atoms with E-state index in [1.54, 1.807) is 24.3 Å². The number of nitrogens with zero attached hydrogens (tertiary/aromatic N) is 2. The fourth-order valence-corrected chi connectivity index (χ4v) is 2.37. The maximum atomic E-state index is 12.5. The van der Waals surface area contributed by atoms with Crippen LogP contribution in [0.25, 0.3) is 0 Å². The Kier molecular flexibility index (Phi) is 4.73. The zero-order valence-electron chi connectivity index (χ0n) is 10.8. The Bertz CT molecular complexity index is 592. The number of rotatable bonds is 5. The summed E-state index contributed by atoms with van der Waals surface area (Å²) in [6.07, 6.45) is 2.00. The van der Waals surface area contributed by atoms with Gasteiger partial charge in [0.25, 0.3) is 5.76 Å². The number of nitrogens with one attached hydrogen (secondary N) is 1. The molecule has 0 bridgehead atoms. The van der Waals surface area contributed by atoms with Crippen LogP contribution in [0, 0.1) is 0 Å². The van der Waals surface area contributed by atoms with Crippen LogP contribution in [-0.2, 0) is 6.42 Å². The molecule has 7 heteroatoms. The predicted octanol–water partition coefficient (Wildman–Crippen LogP) is 3.68. The van der Waals surface area contributed by atoms with Crippen LogP contribution in [-0.4, -0.2) is 15.7 Å². The molecule has 0 amide bonds. The number of thioether (sulfide) groups is 1. The second-order valence-corrected chi connectivity index (χ2v) is 4.97. The molecule has 2 aromatic rings. The van der Waals surface area contributed by atoms with Crippen LogP contribution < -0.4 is 11.1 Å². The first-order valence-corrected chi connectivity index (χ1v) is 6.90. The first-order valence-electron chi connectivity index (χ1n) is 6.02. The molecule has 0 radical (unpaired) electrons. The van der Waals surface area contributed by atoms with Crippen molar-refractivity contribution in [2.75, 3.05) is 11.1 Å². The molecule has 0 unspecified atom stereocenters. The van der Waals surface area contributed by atoms with E-state index in [2.05, 4.69) is 15.3 Å². The van der Waals surface area contributed by atoms with Gasteiger partial charge in [0.05, 0.1) is 5.69 Å². The minimum Gasteiger partial charge on any atom is -0.383 e. The summed E-state index contributed by atoms with van der Waals surface area (Å²) in [5, 5.41) is 3.05. The molecule has 1 aromatic heterocycles. The highest BCUT2D eigenvalue weighted by Gasteiger charge is 2.12. The Morgan fingerprint density at radius 1 is 1.30 bits per heavy atom. The third-order valence-electron chi connectivity index (χ3n) is 2.69. The minimum absolute atomic E-state index is 0.393. The average Bonchev–Trinajstić information content (AvgIpc) is 2.41. The number of hydrogen-bond acceptors (Lipinski definition) is 5. The molecule has 1 aromatic carbocycles. The lowest BCUT2D eigenvalue weighted by atomic mass is 10.2. The fraction of sp³-hybridized carbons (Fsp3) is 0.231. The third-order valence-corrected chi connectivity index (χ3v) is 3.48. The molecule has 0 spiro atoms. The summed E-state index contributed by atoms with van der Waals surface area (Å²) < 4.78 is 25.1. The quantitative estimate of drug-likeness (QED) is 0.824. The van der Waals surface area contributed by atoms with Crippen molar-refractivity contribution in [1.82, 2.24) is 9.97 Å². The van der Waals surface area contributed by atoms with Crippen molar-refractivity contribution in [3.8, 4) is 0 Å². The zero-order chi connectivity index (χ0) is 14.5. The van der Waals surface area contributed by atoms with E-state index in [0.717, 1.165) is 5.56 Å². The number of alkyl halides is 2. The molecule has 4 nitrogen and oxygen atoms in total. The van der Waals surface area contributed by atoms with Crippen molar-refractivity contribution in [1.29, 1.82) is 0 Å². The summed E-state index contributed by atoms with van der Waals surface area (Å²) in [7, 11) is 0. The van der Waals surface area contributed by atoms with Crippen LogP contribution in [0.5, 0.6) is 0 Å². The van der Waals surface area contributed by atoms with E-state index in [4.69, 9.17) is 5.73 Å². The van der Waals surface area contributed by atoms with Gasteiger partial charge in [-0.15, -0.1) is 0 Å². The number of halogens is 2. The van der Waals surface area contributed by atoms with Gasteiger partial charge in [-0.05, 0) is 18.6 Å². The molecule has 0 fully saturated rings. The van der Waals surface area contributed by atoms with Gasteiger partial charge in [-0.25, -0.2) is 9.97 Å². The highest BCUT2D eigenvalue weighted by molar-refractivity contribution is 7.99. The van der Waals surface area contributed by atoms with Crippen molar-refractivity contribution in [3.63, 3.8) is 0 Å². The second kappa shape index (κ2) is 6.51. The van der Waals surface area contributed by atoms with Crippen molar-refractivity contribution in [3.05, 3.63) is 36.2 Å². The lowest BCUT2D eigenvalue weighted by Crippen LogP contribution is -2.05. The predicted molar refractivity (Wildman–Crippen MR) is 77.4 cm³/mol. The fourth-order valence-electron chi connectivity index (χ4n) is 1.78. The van der Waals surface area contributed by atoms with Crippen molar-refractivity contribution >= 4 is 29.1 Å². The number of benzene rings is 1. The van der Waals surface area contributed by atoms with Gasteiger partial charge in [-0.2, -0.15) is 8.78 Å². The largest absolute Gasteiger partial charge is 0.383 e. The second-order valence-electron chi connectivity index (χ2n) is 3.94. The number of aromatic nitrogens is 2. The third kappa shape index (κ3) is 3.36. The number of nitrogens with two attached hydrogens (primary N) is 1. The smallest absolute Gasteiger partial charge is 0.288 e. The Morgan fingerprint density at radius 2 is 2.05 bits per heavy atom. The highest BCUT2D eigenvalue weighted by atomic mass is 32.2. The topological polar surface area (TPSA) is 63.8 Å². The molecule has 2 rings (SSSR count). The normalized spacial score (nSPS) is 10.8. The molecule has 0 aliphatic rings. The molecule has 106 valence electrons. The highest BCUT2D eigenvalue weighted by Crippen LogP contribution is 2.33. The summed E-state index contributed by atoms with van der Waals surface area (Å²) >= 11 is 0.491. The number of hydrogen-bond donors (Lipinski definition) is 2. The molecular weight excluding hydrogens is 282 g/mol. The Morgan fingerprint density at radius 3 is 2.75 bits per heavy atom. The molecule has 20 heavy (non-hydrogen) atoms. The van der Waals surface area contributed by atoms with Crippen LogP contribution in [0.1, 0.15) is 12.5 Å². The summed E-state index contributed by atoms with van der Waals surface area (Å²) in [6.45, 7) is 1.93. The van der Waals surface area contributed by atoms with Crippen LogP contribution >= 0.6 is 11.8 Å². The molecule has 3 N–H and O–H groups in total. The lowest BCUT2D eigenvalue weighted by Gasteiger charge is -2.13. The molecule has 0 saturated heterocycles. The van der Waals surface area contributed by atoms with Crippen LogP contribution in [0.2, 0.25) is 0 Å². The van der Waals surface area contributed by atoms with Crippen LogP contribution in [0.15, 0.2) is 35.5 Å². The molecular formula is C13H14F2N4S. The Balaban J connectivity index is 2.33. The van der Waals surface area contributed by atoms with Crippen molar-refractivity contribution in [2.24, 2.45) is 0 Å². The van der Waals surface area contributed by atoms with Gasteiger partial charge < -0.3 is 11.1 Å². The minimum atomic E-state index is -2.47. The lowest BCUT2D eigenvalue weighted by molar-refractivity contribution is 0.252. The molecule has 0 saturated carbocycles. The molecule has 1 heterocycles. The van der Waals surface area contributed by atoms with Gasteiger partial charge in [0.15, 0.2) is 0 Å². The number of nitrogen functional groups attached to an aromatic ring is 1. The first-order chi connectivity index (χ1) is 9.61. The monoisotopic (exact) mass is 296 g/mol. The van der Waals surface area contributed by atoms with E-state index in [1.807, 2.05) is 6.92 Å². The maximum absolute atomic E-state index is 12.5. The van der Waals surface area contributed by atoms with E-state index in [-0.39, 0.29) is 0 Å². The van der Waals surface area contributed by atoms with Gasteiger partial charge in [0.1, 0.15) is 18.0 Å². The first kappa shape index (κ1) is 14.5. The summed E-state index contributed by atoms with van der Waals surface area (Å²) in [4.78, 5) is 8.51. The van der Waals surface area contributed by atoms with E-state index >= 15 is 0 Å². The van der Waals surface area contributed by atoms with E-state index in [9.17, 15) is 8.78 Å². The number of anilines is 3. The van der Waals surface area contributed by atoms with E-state index in [1.165, 1.54) is 6.33 Å². The van der Waals surface area contributed by atoms with Gasteiger partial charge in [-0.3, -0.25) is 0 Å². The standard InChI is InChI=1S/C13H14F2N4S/c1-2-8-11(16)17-7-18-12(8)19-9-5-3-4-6-10(9)20-13(14)15/h3-7,13H,2H2,1H3,(H3,16,17,18,19). The van der Waals surface area contributed by atoms with Gasteiger partial charge in [0, 0.05) is 10.5 Å². The average molecular weight is 296 g/mol.